The molecule has 0 aromatic heterocycles. The summed E-state index contributed by atoms with van der Waals surface area (Å²) in [5.41, 5.74) is 2.88. The number of aryl methyl sites for hydroxylation is 1. The number of benzene rings is 2. The van der Waals surface area contributed by atoms with Crippen LogP contribution < -0.4 is 5.32 Å². The summed E-state index contributed by atoms with van der Waals surface area (Å²) in [6.45, 7) is 2.09. The van der Waals surface area contributed by atoms with Crippen LogP contribution in [0.2, 0.25) is 5.02 Å². The molecule has 2 nitrogen and oxygen atoms in total. The van der Waals surface area contributed by atoms with Gasteiger partial charge in [-0.05, 0) is 35.7 Å². The van der Waals surface area contributed by atoms with E-state index >= 15 is 0 Å². The van der Waals surface area contributed by atoms with Gasteiger partial charge in [0.25, 0.3) is 0 Å². The molecular formula is C16H16ClNO. The minimum Gasteiger partial charge on any atom is -0.326 e. The number of amides is 1. The monoisotopic (exact) mass is 273 g/mol. The van der Waals surface area contributed by atoms with Crippen LogP contribution >= 0.6 is 11.6 Å². The number of anilines is 1. The van der Waals surface area contributed by atoms with Gasteiger partial charge < -0.3 is 5.32 Å². The van der Waals surface area contributed by atoms with Crippen LogP contribution in [0.4, 0.5) is 5.69 Å². The van der Waals surface area contributed by atoms with Crippen molar-refractivity contribution in [3.63, 3.8) is 0 Å². The molecule has 0 saturated heterocycles. The van der Waals surface area contributed by atoms with Crippen LogP contribution in [0.1, 0.15) is 18.1 Å². The molecule has 3 heteroatoms. The van der Waals surface area contributed by atoms with Crippen molar-refractivity contribution in [2.75, 3.05) is 5.32 Å². The van der Waals surface area contributed by atoms with Crippen LogP contribution in [-0.4, -0.2) is 5.91 Å². The Kier molecular flexibility index (Phi) is 4.58. The maximum atomic E-state index is 12.0. The summed E-state index contributed by atoms with van der Waals surface area (Å²) < 4.78 is 0. The number of rotatable bonds is 4. The highest BCUT2D eigenvalue weighted by Gasteiger charge is 2.07. The zero-order valence-electron chi connectivity index (χ0n) is 10.8. The molecule has 2 aromatic carbocycles. The van der Waals surface area contributed by atoms with Gasteiger partial charge in [0.05, 0.1) is 6.42 Å². The van der Waals surface area contributed by atoms with Crippen molar-refractivity contribution < 1.29 is 4.79 Å². The fraction of sp³-hybridized carbons (Fsp3) is 0.188. The average Bonchev–Trinajstić information content (AvgIpc) is 2.41. The van der Waals surface area contributed by atoms with E-state index in [4.69, 9.17) is 11.6 Å². The predicted octanol–water partition coefficient (Wildman–Crippen LogP) is 4.08. The first-order valence-corrected chi connectivity index (χ1v) is 6.69. The third-order valence-electron chi connectivity index (χ3n) is 2.93. The van der Waals surface area contributed by atoms with Gasteiger partial charge in [-0.15, -0.1) is 0 Å². The zero-order valence-corrected chi connectivity index (χ0v) is 11.6. The van der Waals surface area contributed by atoms with Gasteiger partial charge in [0.15, 0.2) is 0 Å². The van der Waals surface area contributed by atoms with E-state index < -0.39 is 0 Å². The van der Waals surface area contributed by atoms with E-state index in [-0.39, 0.29) is 12.3 Å². The lowest BCUT2D eigenvalue weighted by Crippen LogP contribution is -2.14. The van der Waals surface area contributed by atoms with Crippen molar-refractivity contribution in [1.82, 2.24) is 0 Å². The Balaban J connectivity index is 2.03. The van der Waals surface area contributed by atoms with Crippen molar-refractivity contribution in [1.29, 1.82) is 0 Å². The van der Waals surface area contributed by atoms with E-state index in [0.29, 0.717) is 5.02 Å². The van der Waals surface area contributed by atoms with Gasteiger partial charge >= 0.3 is 0 Å². The highest BCUT2D eigenvalue weighted by molar-refractivity contribution is 6.31. The van der Waals surface area contributed by atoms with Gasteiger partial charge in [0.1, 0.15) is 0 Å². The molecule has 0 aliphatic heterocycles. The number of hydrogen-bond acceptors (Lipinski definition) is 1. The average molecular weight is 274 g/mol. The lowest BCUT2D eigenvalue weighted by molar-refractivity contribution is -0.115. The summed E-state index contributed by atoms with van der Waals surface area (Å²) in [4.78, 5) is 12.0. The van der Waals surface area contributed by atoms with Gasteiger partial charge in [-0.3, -0.25) is 4.79 Å². The fourth-order valence-electron chi connectivity index (χ4n) is 1.89. The molecule has 1 N–H and O–H groups in total. The van der Waals surface area contributed by atoms with Crippen LogP contribution in [0.3, 0.4) is 0 Å². The lowest BCUT2D eigenvalue weighted by atomic mass is 10.1. The lowest BCUT2D eigenvalue weighted by Gasteiger charge is -2.07. The number of carbonyl (C=O) groups excluding carboxylic acids is 1. The van der Waals surface area contributed by atoms with Gasteiger partial charge in [-0.2, -0.15) is 0 Å². The van der Waals surface area contributed by atoms with Gasteiger partial charge in [-0.1, -0.05) is 48.9 Å². The molecule has 1 amide bonds. The second-order valence-corrected chi connectivity index (χ2v) is 4.78. The minimum atomic E-state index is -0.0543. The first-order chi connectivity index (χ1) is 9.19. The van der Waals surface area contributed by atoms with E-state index in [0.717, 1.165) is 17.7 Å². The summed E-state index contributed by atoms with van der Waals surface area (Å²) in [5.74, 6) is -0.0543. The van der Waals surface area contributed by atoms with Gasteiger partial charge in [0, 0.05) is 10.7 Å². The smallest absolute Gasteiger partial charge is 0.228 e. The fourth-order valence-corrected chi connectivity index (χ4v) is 2.09. The summed E-state index contributed by atoms with van der Waals surface area (Å²) in [6, 6.07) is 15.3. The van der Waals surface area contributed by atoms with Crippen molar-refractivity contribution in [3.05, 3.63) is 64.7 Å². The Hall–Kier alpha value is -1.80. The van der Waals surface area contributed by atoms with Gasteiger partial charge in [0.2, 0.25) is 5.91 Å². The number of hydrogen-bond donors (Lipinski definition) is 1. The maximum Gasteiger partial charge on any atom is 0.228 e. The van der Waals surface area contributed by atoms with Crippen molar-refractivity contribution >= 4 is 23.2 Å². The Morgan fingerprint density at radius 3 is 2.68 bits per heavy atom. The normalized spacial score (nSPS) is 10.2. The molecule has 0 saturated carbocycles. The van der Waals surface area contributed by atoms with E-state index in [1.54, 1.807) is 6.07 Å². The topological polar surface area (TPSA) is 29.1 Å². The Morgan fingerprint density at radius 1 is 1.16 bits per heavy atom. The molecule has 0 aliphatic carbocycles. The van der Waals surface area contributed by atoms with Crippen molar-refractivity contribution in [2.45, 2.75) is 19.8 Å². The Bertz CT molecular complexity index is 580. The Morgan fingerprint density at radius 2 is 1.95 bits per heavy atom. The van der Waals surface area contributed by atoms with E-state index in [1.165, 1.54) is 5.56 Å². The molecule has 0 aliphatic rings. The molecule has 0 fully saturated rings. The first-order valence-electron chi connectivity index (χ1n) is 6.31. The largest absolute Gasteiger partial charge is 0.326 e. The molecular weight excluding hydrogens is 258 g/mol. The van der Waals surface area contributed by atoms with Crippen molar-refractivity contribution in [3.8, 4) is 0 Å². The van der Waals surface area contributed by atoms with E-state index in [2.05, 4.69) is 12.2 Å². The molecule has 0 atom stereocenters. The highest BCUT2D eigenvalue weighted by Crippen LogP contribution is 2.17. The summed E-state index contributed by atoms with van der Waals surface area (Å²) >= 11 is 6.04. The molecule has 2 aromatic rings. The summed E-state index contributed by atoms with van der Waals surface area (Å²) in [7, 11) is 0. The van der Waals surface area contributed by atoms with Crippen LogP contribution in [0, 0.1) is 0 Å². The third-order valence-corrected chi connectivity index (χ3v) is 3.30. The third kappa shape index (κ3) is 3.83. The van der Waals surface area contributed by atoms with Crippen LogP contribution in [0.15, 0.2) is 48.5 Å². The van der Waals surface area contributed by atoms with E-state index in [1.807, 2.05) is 42.5 Å². The standard InChI is InChI=1S/C16H16ClNO/c1-2-12-6-5-8-14(10-12)18-16(19)11-13-7-3-4-9-15(13)17/h3-10H,2,11H2,1H3,(H,18,19). The van der Waals surface area contributed by atoms with Crippen molar-refractivity contribution in [2.24, 2.45) is 0 Å². The molecule has 19 heavy (non-hydrogen) atoms. The molecule has 0 bridgehead atoms. The molecule has 98 valence electrons. The molecule has 2 rings (SSSR count). The number of nitrogens with one attached hydrogen (secondary N) is 1. The quantitative estimate of drug-likeness (QED) is 0.893. The van der Waals surface area contributed by atoms with Crippen LogP contribution in [0.25, 0.3) is 0 Å². The molecule has 0 radical (unpaired) electrons. The minimum absolute atomic E-state index is 0.0543. The first kappa shape index (κ1) is 13.6. The summed E-state index contributed by atoms with van der Waals surface area (Å²) in [6.07, 6.45) is 1.24. The van der Waals surface area contributed by atoms with E-state index in [9.17, 15) is 4.79 Å². The number of halogens is 1. The van der Waals surface area contributed by atoms with Gasteiger partial charge in [-0.25, -0.2) is 0 Å². The second kappa shape index (κ2) is 6.39. The highest BCUT2D eigenvalue weighted by atomic mass is 35.5. The molecule has 0 heterocycles. The molecule has 0 spiro atoms. The van der Waals surface area contributed by atoms with Crippen LogP contribution in [0.5, 0.6) is 0 Å². The second-order valence-electron chi connectivity index (χ2n) is 4.37. The Labute approximate surface area is 118 Å². The summed E-state index contributed by atoms with van der Waals surface area (Å²) in [5, 5.41) is 3.52. The predicted molar refractivity (Wildman–Crippen MR) is 79.6 cm³/mol. The maximum absolute atomic E-state index is 12.0. The zero-order chi connectivity index (χ0) is 13.7. The number of carbonyl (C=O) groups is 1. The van der Waals surface area contributed by atoms with Crippen LogP contribution in [-0.2, 0) is 17.6 Å². The molecule has 0 unspecified atom stereocenters. The SMILES string of the molecule is CCc1cccc(NC(=O)Cc2ccccc2Cl)c1.